The van der Waals surface area contributed by atoms with E-state index in [1.54, 1.807) is 24.6 Å². The van der Waals surface area contributed by atoms with Gasteiger partial charge in [-0.3, -0.25) is 10.00 Å². The molecule has 1 saturated heterocycles. The second-order valence-corrected chi connectivity index (χ2v) is 10.1. The predicted octanol–water partition coefficient (Wildman–Crippen LogP) is 2.70. The number of hydrogen-bond donors (Lipinski definition) is 2. The van der Waals surface area contributed by atoms with Crippen LogP contribution < -0.4 is 4.90 Å². The van der Waals surface area contributed by atoms with Crippen LogP contribution >= 0.6 is 11.3 Å². The Labute approximate surface area is 203 Å². The van der Waals surface area contributed by atoms with Crippen LogP contribution in [0.5, 0.6) is 0 Å². The predicted molar refractivity (Wildman–Crippen MR) is 133 cm³/mol. The second kappa shape index (κ2) is 10.4. The fraction of sp³-hybridized carbons (Fsp3) is 0.409. The fourth-order valence-electron chi connectivity index (χ4n) is 4.10. The summed E-state index contributed by atoms with van der Waals surface area (Å²) in [7, 11) is 1.62. The third kappa shape index (κ3) is 4.97. The lowest BCUT2D eigenvalue weighted by Gasteiger charge is -2.28. The van der Waals surface area contributed by atoms with Gasteiger partial charge in [-0.1, -0.05) is 12.1 Å². The van der Waals surface area contributed by atoms with Crippen LogP contribution in [0.1, 0.15) is 4.88 Å². The highest BCUT2D eigenvalue weighted by Crippen LogP contribution is 2.36. The van der Waals surface area contributed by atoms with Gasteiger partial charge >= 0.3 is 0 Å². The highest BCUT2D eigenvalue weighted by atomic mass is 32.2. The number of rotatable bonds is 9. The summed E-state index contributed by atoms with van der Waals surface area (Å²) in [6, 6.07) is 8.03. The third-order valence-corrected chi connectivity index (χ3v) is 7.42. The first kappa shape index (κ1) is 23.3. The maximum Gasteiger partial charge on any atom is 0.167 e. The van der Waals surface area contributed by atoms with Crippen LogP contribution in [0.3, 0.4) is 0 Å². The minimum atomic E-state index is -1.92. The van der Waals surface area contributed by atoms with Gasteiger partial charge in [0.1, 0.15) is 5.88 Å². The summed E-state index contributed by atoms with van der Waals surface area (Å²) in [6.07, 6.45) is 1.80. The molecule has 1 fully saturated rings. The van der Waals surface area contributed by atoms with Gasteiger partial charge < -0.3 is 18.9 Å². The van der Waals surface area contributed by atoms with E-state index in [9.17, 15) is 8.76 Å². The SMILES string of the molecule is COCCN(Cc1cc2nc(-c3cccc4[nH]ncc34)nc(N3CCOCC3)c2s1)CS(=O)O. The summed E-state index contributed by atoms with van der Waals surface area (Å²) in [5, 5.41) is 8.17. The molecule has 0 saturated carbocycles. The van der Waals surface area contributed by atoms with Crippen molar-refractivity contribution in [1.29, 1.82) is 0 Å². The van der Waals surface area contributed by atoms with E-state index in [0.29, 0.717) is 38.7 Å². The van der Waals surface area contributed by atoms with E-state index in [1.165, 1.54) is 0 Å². The maximum absolute atomic E-state index is 11.5. The molecule has 5 rings (SSSR count). The number of hydrogen-bond acceptors (Lipinski definition) is 9. The number of anilines is 1. The third-order valence-electron chi connectivity index (χ3n) is 5.73. The number of nitrogens with zero attached hydrogens (tertiary/aromatic N) is 5. The zero-order valence-corrected chi connectivity index (χ0v) is 20.4. The van der Waals surface area contributed by atoms with Gasteiger partial charge in [-0.05, 0) is 12.1 Å². The van der Waals surface area contributed by atoms with E-state index in [2.05, 4.69) is 21.2 Å². The molecule has 2 N–H and O–H groups in total. The molecule has 1 aliphatic heterocycles. The molecule has 1 atom stereocenters. The van der Waals surface area contributed by atoms with Crippen molar-refractivity contribution in [3.05, 3.63) is 35.3 Å². The fourth-order valence-corrected chi connectivity index (χ4v) is 5.79. The van der Waals surface area contributed by atoms with E-state index in [0.717, 1.165) is 50.5 Å². The quantitative estimate of drug-likeness (QED) is 0.333. The molecule has 4 heterocycles. The van der Waals surface area contributed by atoms with Gasteiger partial charge in [0.2, 0.25) is 0 Å². The van der Waals surface area contributed by atoms with Gasteiger partial charge in [0, 0.05) is 49.1 Å². The molecule has 1 aliphatic rings. The van der Waals surface area contributed by atoms with Gasteiger partial charge in [0.15, 0.2) is 22.7 Å². The van der Waals surface area contributed by atoms with E-state index in [1.807, 2.05) is 23.1 Å². The molecule has 1 unspecified atom stereocenters. The number of benzene rings is 1. The van der Waals surface area contributed by atoms with E-state index < -0.39 is 11.1 Å². The number of fused-ring (bicyclic) bond motifs is 2. The van der Waals surface area contributed by atoms with Crippen LogP contribution in [0.25, 0.3) is 32.5 Å². The largest absolute Gasteiger partial charge is 0.383 e. The highest BCUT2D eigenvalue weighted by Gasteiger charge is 2.22. The average Bonchev–Trinajstić information content (AvgIpc) is 3.48. The van der Waals surface area contributed by atoms with Crippen molar-refractivity contribution in [2.75, 3.05) is 57.3 Å². The Morgan fingerprint density at radius 1 is 1.32 bits per heavy atom. The van der Waals surface area contributed by atoms with Crippen LogP contribution in [-0.2, 0) is 27.1 Å². The summed E-state index contributed by atoms with van der Waals surface area (Å²) in [5.74, 6) is 1.61. The van der Waals surface area contributed by atoms with E-state index >= 15 is 0 Å². The Morgan fingerprint density at radius 3 is 2.97 bits per heavy atom. The molecule has 0 radical (unpaired) electrons. The zero-order valence-electron chi connectivity index (χ0n) is 18.8. The lowest BCUT2D eigenvalue weighted by atomic mass is 10.1. The van der Waals surface area contributed by atoms with Crippen LogP contribution in [-0.4, -0.2) is 86.3 Å². The summed E-state index contributed by atoms with van der Waals surface area (Å²) in [5.41, 5.74) is 2.72. The lowest BCUT2D eigenvalue weighted by Crippen LogP contribution is -2.36. The van der Waals surface area contributed by atoms with Crippen LogP contribution in [0.2, 0.25) is 0 Å². The number of thiophene rings is 1. The number of aromatic amines is 1. The summed E-state index contributed by atoms with van der Waals surface area (Å²) in [6.45, 7) is 4.42. The first-order chi connectivity index (χ1) is 16.6. The standard InChI is InChI=1S/C22H26N6O4S2/c1-31-8-5-27(14-34(29)30)13-15-11-19-20(33-15)22(28-6-9-32-10-7-28)25-21(24-19)16-3-2-4-18-17(16)12-23-26-18/h2-4,11-12H,5-10,13-14H2,1H3,(H,23,26)(H,29,30). The van der Waals surface area contributed by atoms with Gasteiger partial charge in [0.05, 0.1) is 41.8 Å². The van der Waals surface area contributed by atoms with Gasteiger partial charge in [-0.25, -0.2) is 14.2 Å². The van der Waals surface area contributed by atoms with Gasteiger partial charge in [-0.15, -0.1) is 11.3 Å². The topological polar surface area (TPSA) is 117 Å². The maximum atomic E-state index is 11.5. The van der Waals surface area contributed by atoms with Crippen LogP contribution in [0.15, 0.2) is 30.5 Å². The number of aromatic nitrogens is 4. The molecule has 0 amide bonds. The van der Waals surface area contributed by atoms with Crippen molar-refractivity contribution in [2.45, 2.75) is 6.54 Å². The Hall–Kier alpha value is -2.48. The Kier molecular flexibility index (Phi) is 7.13. The Bertz CT molecular complexity index is 1300. The molecule has 3 aromatic heterocycles. The van der Waals surface area contributed by atoms with Crippen molar-refractivity contribution < 1.29 is 18.2 Å². The zero-order chi connectivity index (χ0) is 23.5. The monoisotopic (exact) mass is 502 g/mol. The van der Waals surface area contributed by atoms with Crippen molar-refractivity contribution in [1.82, 2.24) is 25.1 Å². The summed E-state index contributed by atoms with van der Waals surface area (Å²) in [4.78, 5) is 15.2. The molecule has 34 heavy (non-hydrogen) atoms. The minimum Gasteiger partial charge on any atom is -0.383 e. The second-order valence-electron chi connectivity index (χ2n) is 8.03. The first-order valence-electron chi connectivity index (χ1n) is 11.0. The van der Waals surface area contributed by atoms with Crippen molar-refractivity contribution in [2.24, 2.45) is 0 Å². The van der Waals surface area contributed by atoms with Crippen LogP contribution in [0, 0.1) is 0 Å². The smallest absolute Gasteiger partial charge is 0.167 e. The first-order valence-corrected chi connectivity index (χ1v) is 13.1. The Morgan fingerprint density at radius 2 is 2.18 bits per heavy atom. The molecule has 0 spiro atoms. The molecule has 180 valence electrons. The summed E-state index contributed by atoms with van der Waals surface area (Å²) < 4.78 is 32.6. The van der Waals surface area contributed by atoms with Crippen molar-refractivity contribution in [3.63, 3.8) is 0 Å². The number of ether oxygens (including phenoxy) is 2. The lowest BCUT2D eigenvalue weighted by molar-refractivity contribution is 0.122. The van der Waals surface area contributed by atoms with Crippen molar-refractivity contribution >= 4 is 49.4 Å². The van der Waals surface area contributed by atoms with Gasteiger partial charge in [-0.2, -0.15) is 5.10 Å². The molecule has 1 aromatic carbocycles. The highest BCUT2D eigenvalue weighted by molar-refractivity contribution is 7.79. The average molecular weight is 503 g/mol. The molecule has 12 heteroatoms. The number of methoxy groups -OCH3 is 1. The van der Waals surface area contributed by atoms with Crippen LogP contribution in [0.4, 0.5) is 5.82 Å². The molecular weight excluding hydrogens is 476 g/mol. The van der Waals surface area contributed by atoms with E-state index in [-0.39, 0.29) is 5.88 Å². The Balaban J connectivity index is 1.57. The molecule has 0 bridgehead atoms. The molecule has 0 aliphatic carbocycles. The number of H-pyrrole nitrogens is 1. The normalized spacial score (nSPS) is 15.6. The van der Waals surface area contributed by atoms with Gasteiger partial charge in [0.25, 0.3) is 0 Å². The molecule has 10 nitrogen and oxygen atoms in total. The summed E-state index contributed by atoms with van der Waals surface area (Å²) >= 11 is -0.294. The minimum absolute atomic E-state index is 0.0628. The number of morpholine rings is 1. The van der Waals surface area contributed by atoms with Crippen molar-refractivity contribution in [3.8, 4) is 11.4 Å². The number of nitrogens with one attached hydrogen (secondary N) is 1. The molecule has 4 aromatic rings. The molecular formula is C22H26N6O4S2. The van der Waals surface area contributed by atoms with E-state index in [4.69, 9.17) is 19.4 Å².